The zero-order chi connectivity index (χ0) is 14.4. The summed E-state index contributed by atoms with van der Waals surface area (Å²) < 4.78 is 5.85. The van der Waals surface area contributed by atoms with Crippen molar-refractivity contribution in [1.29, 1.82) is 0 Å². The third-order valence-corrected chi connectivity index (χ3v) is 5.45. The smallest absolute Gasteiger partial charge is 0.311 e. The molecule has 5 rings (SSSR count). The van der Waals surface area contributed by atoms with E-state index >= 15 is 0 Å². The van der Waals surface area contributed by atoms with Gasteiger partial charge in [0.25, 0.3) is 0 Å². The largest absolute Gasteiger partial charge is 0.460 e. The van der Waals surface area contributed by atoms with Gasteiger partial charge in [0, 0.05) is 12.6 Å². The molecule has 1 aromatic rings. The highest BCUT2D eigenvalue weighted by Gasteiger charge is 2.40. The van der Waals surface area contributed by atoms with E-state index in [2.05, 4.69) is 11.0 Å². The minimum absolute atomic E-state index is 0.0795. The van der Waals surface area contributed by atoms with Crippen LogP contribution in [0.3, 0.4) is 0 Å². The second-order valence-electron chi connectivity index (χ2n) is 6.65. The minimum Gasteiger partial charge on any atom is -0.460 e. The topological polar surface area (TPSA) is 55.6 Å². The van der Waals surface area contributed by atoms with Crippen LogP contribution in [0.15, 0.2) is 24.3 Å². The summed E-state index contributed by atoms with van der Waals surface area (Å²) in [4.78, 5) is 15.0. The van der Waals surface area contributed by atoms with Crippen LogP contribution in [0.5, 0.6) is 0 Å². The van der Waals surface area contributed by atoms with E-state index in [-0.39, 0.29) is 24.0 Å². The molecule has 0 aromatic heterocycles. The average molecular weight is 286 g/mol. The Morgan fingerprint density at radius 1 is 1.24 bits per heavy atom. The lowest BCUT2D eigenvalue weighted by Gasteiger charge is -2.44. The first-order valence-corrected chi connectivity index (χ1v) is 7.98. The number of fused-ring (bicyclic) bond motifs is 4. The van der Waals surface area contributed by atoms with Crippen LogP contribution in [0.2, 0.25) is 0 Å². The number of hydrogen-bond donors (Lipinski definition) is 1. The van der Waals surface area contributed by atoms with E-state index in [1.165, 1.54) is 5.56 Å². The second kappa shape index (κ2) is 5.11. The van der Waals surface area contributed by atoms with E-state index in [9.17, 15) is 4.79 Å². The maximum atomic E-state index is 12.5. The molecule has 4 nitrogen and oxygen atoms in total. The van der Waals surface area contributed by atoms with Gasteiger partial charge in [0.05, 0.1) is 5.92 Å². The molecule has 3 atom stereocenters. The first-order chi connectivity index (χ1) is 10.2. The van der Waals surface area contributed by atoms with E-state index in [0.717, 1.165) is 44.5 Å². The maximum absolute atomic E-state index is 12.5. The number of esters is 1. The number of ether oxygens (including phenoxy) is 1. The maximum Gasteiger partial charge on any atom is 0.311 e. The Morgan fingerprint density at radius 2 is 2.00 bits per heavy atom. The number of nitrogens with zero attached hydrogens (tertiary/aromatic N) is 1. The summed E-state index contributed by atoms with van der Waals surface area (Å²) in [5.74, 6) is 0.245. The molecular formula is C17H22N2O2. The molecule has 2 unspecified atom stereocenters. The highest BCUT2D eigenvalue weighted by Crippen LogP contribution is 2.36. The second-order valence-corrected chi connectivity index (χ2v) is 6.65. The molecule has 3 aliphatic heterocycles. The Hall–Kier alpha value is -1.39. The summed E-state index contributed by atoms with van der Waals surface area (Å²) in [5.41, 5.74) is 8.56. The highest BCUT2D eigenvalue weighted by molar-refractivity contribution is 5.75. The third kappa shape index (κ3) is 2.27. The molecular weight excluding hydrogens is 264 g/mol. The molecule has 2 N–H and O–H groups in total. The van der Waals surface area contributed by atoms with Crippen LogP contribution < -0.4 is 5.73 Å². The molecule has 112 valence electrons. The zero-order valence-corrected chi connectivity index (χ0v) is 12.2. The Labute approximate surface area is 125 Å². The van der Waals surface area contributed by atoms with Gasteiger partial charge in [-0.1, -0.05) is 24.3 Å². The third-order valence-electron chi connectivity index (χ3n) is 5.45. The first-order valence-electron chi connectivity index (χ1n) is 7.98. The monoisotopic (exact) mass is 286 g/mol. The van der Waals surface area contributed by atoms with E-state index < -0.39 is 0 Å². The fraction of sp³-hybridized carbons (Fsp3) is 0.588. The predicted molar refractivity (Wildman–Crippen MR) is 79.6 cm³/mol. The van der Waals surface area contributed by atoms with Crippen molar-refractivity contribution in [3.8, 4) is 0 Å². The Bertz CT molecular complexity index is 551. The summed E-state index contributed by atoms with van der Waals surface area (Å²) in [7, 11) is 0. The van der Waals surface area contributed by atoms with Gasteiger partial charge in [-0.25, -0.2) is 0 Å². The summed E-state index contributed by atoms with van der Waals surface area (Å²) in [6, 6.07) is 7.87. The van der Waals surface area contributed by atoms with Gasteiger partial charge in [-0.15, -0.1) is 0 Å². The molecule has 3 heterocycles. The van der Waals surface area contributed by atoms with Crippen molar-refractivity contribution >= 4 is 5.97 Å². The van der Waals surface area contributed by atoms with Gasteiger partial charge in [0.1, 0.15) is 6.10 Å². The van der Waals surface area contributed by atoms with Crippen molar-refractivity contribution in [3.63, 3.8) is 0 Å². The van der Waals surface area contributed by atoms with Crippen molar-refractivity contribution < 1.29 is 9.53 Å². The van der Waals surface area contributed by atoms with Crippen LogP contribution in [0.1, 0.15) is 30.0 Å². The number of piperidine rings is 3. The molecule has 4 aliphatic rings. The molecule has 0 radical (unpaired) electrons. The molecule has 1 aliphatic carbocycles. The molecule has 0 spiro atoms. The van der Waals surface area contributed by atoms with Gasteiger partial charge < -0.3 is 10.5 Å². The highest BCUT2D eigenvalue weighted by atomic mass is 16.5. The summed E-state index contributed by atoms with van der Waals surface area (Å²) in [6.45, 7) is 3.23. The van der Waals surface area contributed by atoms with Crippen molar-refractivity contribution in [2.24, 2.45) is 17.6 Å². The molecule has 0 saturated carbocycles. The fourth-order valence-electron chi connectivity index (χ4n) is 4.14. The van der Waals surface area contributed by atoms with Crippen LogP contribution in [0, 0.1) is 11.8 Å². The summed E-state index contributed by atoms with van der Waals surface area (Å²) >= 11 is 0. The quantitative estimate of drug-likeness (QED) is 0.837. The van der Waals surface area contributed by atoms with Gasteiger partial charge >= 0.3 is 5.97 Å². The average Bonchev–Trinajstić information content (AvgIpc) is 2.86. The van der Waals surface area contributed by atoms with Gasteiger partial charge in [-0.05, 0) is 49.4 Å². The summed E-state index contributed by atoms with van der Waals surface area (Å²) in [6.07, 6.45) is 3.12. The number of hydrogen-bond acceptors (Lipinski definition) is 4. The van der Waals surface area contributed by atoms with Gasteiger partial charge in [0.15, 0.2) is 0 Å². The van der Waals surface area contributed by atoms with Crippen molar-refractivity contribution in [2.45, 2.75) is 31.4 Å². The molecule has 1 aromatic carbocycles. The van der Waals surface area contributed by atoms with Crippen LogP contribution in [0.25, 0.3) is 0 Å². The molecule has 3 saturated heterocycles. The zero-order valence-electron chi connectivity index (χ0n) is 12.2. The van der Waals surface area contributed by atoms with Crippen molar-refractivity contribution in [3.05, 3.63) is 35.4 Å². The fourth-order valence-corrected chi connectivity index (χ4v) is 4.14. The number of nitrogens with two attached hydrogens (primary N) is 1. The lowest BCUT2D eigenvalue weighted by molar-refractivity contribution is -0.164. The Balaban J connectivity index is 1.45. The normalized spacial score (nSPS) is 37.3. The van der Waals surface area contributed by atoms with Gasteiger partial charge in [-0.2, -0.15) is 0 Å². The molecule has 3 fully saturated rings. The van der Waals surface area contributed by atoms with Crippen LogP contribution in [0.4, 0.5) is 0 Å². The lowest BCUT2D eigenvalue weighted by Crippen LogP contribution is -2.52. The Kier molecular flexibility index (Phi) is 3.23. The van der Waals surface area contributed by atoms with Crippen LogP contribution >= 0.6 is 0 Å². The standard InChI is InChI=1S/C17H22N2O2/c18-16-13-4-2-1-3-12(13)9-14(16)17(20)21-15-10-19-7-5-11(15)6-8-19/h1-4,11,14-16H,5-10,18H2/t14?,15?,16-/m0/s1. The summed E-state index contributed by atoms with van der Waals surface area (Å²) in [5, 5.41) is 0. The van der Waals surface area contributed by atoms with Crippen molar-refractivity contribution in [1.82, 2.24) is 4.90 Å². The van der Waals surface area contributed by atoms with E-state index in [4.69, 9.17) is 10.5 Å². The Morgan fingerprint density at radius 3 is 2.67 bits per heavy atom. The number of carbonyl (C=O) groups is 1. The van der Waals surface area contributed by atoms with Gasteiger partial charge in [0.2, 0.25) is 0 Å². The number of rotatable bonds is 2. The van der Waals surface area contributed by atoms with E-state index in [0.29, 0.717) is 5.92 Å². The van der Waals surface area contributed by atoms with E-state index in [1.807, 2.05) is 18.2 Å². The van der Waals surface area contributed by atoms with E-state index in [1.54, 1.807) is 0 Å². The first kappa shape index (κ1) is 13.3. The SMILES string of the molecule is N[C@H]1c2ccccc2CC1C(=O)OC1CN2CCC1CC2. The van der Waals surface area contributed by atoms with Crippen molar-refractivity contribution in [2.75, 3.05) is 19.6 Å². The molecule has 4 heteroatoms. The van der Waals surface area contributed by atoms with Gasteiger partial charge in [-0.3, -0.25) is 9.69 Å². The minimum atomic E-state index is -0.213. The number of benzene rings is 1. The lowest BCUT2D eigenvalue weighted by atomic mass is 9.85. The molecule has 2 bridgehead atoms. The molecule has 0 amide bonds. The predicted octanol–water partition coefficient (Wildman–Crippen LogP) is 1.50. The molecule has 21 heavy (non-hydrogen) atoms. The van der Waals surface area contributed by atoms with Crippen LogP contribution in [-0.2, 0) is 16.0 Å². The number of carbonyl (C=O) groups excluding carboxylic acids is 1. The van der Waals surface area contributed by atoms with Crippen LogP contribution in [-0.4, -0.2) is 36.6 Å².